The van der Waals surface area contributed by atoms with Crippen molar-refractivity contribution in [2.75, 3.05) is 13.1 Å². The molecule has 0 aromatic heterocycles. The summed E-state index contributed by atoms with van der Waals surface area (Å²) in [5.74, 6) is 0.998. The number of sulfonamides is 1. The Bertz CT molecular complexity index is 1070. The van der Waals surface area contributed by atoms with Crippen LogP contribution in [0.15, 0.2) is 53.4 Å². The molecule has 2 aromatic carbocycles. The fourth-order valence-corrected chi connectivity index (χ4v) is 6.28. The zero-order chi connectivity index (χ0) is 24.1. The standard InChI is InChI=1S/C27H36N2O4S/c1-20(2)21-11-13-25(14-12-21)34(31,32)29-17-15-22(16-18-29)27(30)28-19-23-7-3-6-10-26(23)33-24-8-4-5-9-24/h3,6-7,10-14,20,22,24H,4-5,8-9,15-19H2,1-2H3,(H,28,30). The second-order valence-electron chi connectivity index (χ2n) is 9.75. The number of piperidine rings is 1. The molecule has 7 heteroatoms. The number of amides is 1. The topological polar surface area (TPSA) is 75.7 Å². The predicted octanol–water partition coefficient (Wildman–Crippen LogP) is 4.85. The summed E-state index contributed by atoms with van der Waals surface area (Å²) in [7, 11) is -3.54. The van der Waals surface area contributed by atoms with E-state index >= 15 is 0 Å². The van der Waals surface area contributed by atoms with Gasteiger partial charge in [-0.2, -0.15) is 4.31 Å². The van der Waals surface area contributed by atoms with Gasteiger partial charge in [0.25, 0.3) is 0 Å². The van der Waals surface area contributed by atoms with Crippen molar-refractivity contribution in [3.05, 3.63) is 59.7 Å². The average molecular weight is 485 g/mol. The Morgan fingerprint density at radius 3 is 2.29 bits per heavy atom. The van der Waals surface area contributed by atoms with Crippen LogP contribution in [-0.2, 0) is 21.4 Å². The molecule has 1 N–H and O–H groups in total. The lowest BCUT2D eigenvalue weighted by atomic mass is 9.97. The molecule has 1 aliphatic heterocycles. The molecule has 1 saturated carbocycles. The highest BCUT2D eigenvalue weighted by Gasteiger charge is 2.32. The number of benzene rings is 2. The molecule has 0 atom stereocenters. The highest BCUT2D eigenvalue weighted by Crippen LogP contribution is 2.28. The van der Waals surface area contributed by atoms with Crippen molar-refractivity contribution in [1.82, 2.24) is 9.62 Å². The molecular weight excluding hydrogens is 448 g/mol. The predicted molar refractivity (Wildman–Crippen MR) is 133 cm³/mol. The first-order chi connectivity index (χ1) is 16.3. The van der Waals surface area contributed by atoms with Crippen LogP contribution < -0.4 is 10.1 Å². The summed E-state index contributed by atoms with van der Waals surface area (Å²) in [4.78, 5) is 13.2. The quantitative estimate of drug-likeness (QED) is 0.581. The number of rotatable bonds is 8. The first kappa shape index (κ1) is 24.7. The molecule has 0 bridgehead atoms. The van der Waals surface area contributed by atoms with E-state index in [4.69, 9.17) is 4.74 Å². The third-order valence-corrected chi connectivity index (χ3v) is 8.94. The maximum atomic E-state index is 13.0. The Hall–Kier alpha value is -2.38. The second kappa shape index (κ2) is 10.9. The molecule has 1 aliphatic carbocycles. The molecule has 34 heavy (non-hydrogen) atoms. The molecular formula is C27H36N2O4S. The molecule has 184 valence electrons. The Kier molecular flexibility index (Phi) is 7.94. The van der Waals surface area contributed by atoms with Crippen LogP contribution in [0.1, 0.15) is 69.4 Å². The molecule has 0 unspecified atom stereocenters. The fourth-order valence-electron chi connectivity index (χ4n) is 4.81. The maximum absolute atomic E-state index is 13.0. The van der Waals surface area contributed by atoms with Crippen LogP contribution in [0.2, 0.25) is 0 Å². The van der Waals surface area contributed by atoms with Gasteiger partial charge < -0.3 is 10.1 Å². The number of carbonyl (C=O) groups excluding carboxylic acids is 1. The molecule has 4 rings (SSSR count). The summed E-state index contributed by atoms with van der Waals surface area (Å²) in [5.41, 5.74) is 2.09. The van der Waals surface area contributed by atoms with Crippen LogP contribution in [0.25, 0.3) is 0 Å². The van der Waals surface area contributed by atoms with Gasteiger partial charge in [-0.3, -0.25) is 4.79 Å². The zero-order valence-electron chi connectivity index (χ0n) is 20.2. The van der Waals surface area contributed by atoms with Gasteiger partial charge in [0.05, 0.1) is 11.0 Å². The van der Waals surface area contributed by atoms with E-state index in [0.29, 0.717) is 43.3 Å². The lowest BCUT2D eigenvalue weighted by Crippen LogP contribution is -2.42. The normalized spacial score (nSPS) is 18.3. The molecule has 1 heterocycles. The Morgan fingerprint density at radius 2 is 1.65 bits per heavy atom. The van der Waals surface area contributed by atoms with E-state index in [9.17, 15) is 13.2 Å². The van der Waals surface area contributed by atoms with Crippen LogP contribution in [0.5, 0.6) is 5.75 Å². The van der Waals surface area contributed by atoms with Crippen molar-refractivity contribution in [2.24, 2.45) is 5.92 Å². The monoisotopic (exact) mass is 484 g/mol. The largest absolute Gasteiger partial charge is 0.490 e. The highest BCUT2D eigenvalue weighted by atomic mass is 32.2. The van der Waals surface area contributed by atoms with Crippen molar-refractivity contribution in [1.29, 1.82) is 0 Å². The van der Waals surface area contributed by atoms with Gasteiger partial charge in [-0.1, -0.05) is 44.2 Å². The number of para-hydroxylation sites is 1. The van der Waals surface area contributed by atoms with E-state index < -0.39 is 10.0 Å². The van der Waals surface area contributed by atoms with Gasteiger partial charge in [-0.05, 0) is 68.2 Å². The van der Waals surface area contributed by atoms with Crippen molar-refractivity contribution in [3.8, 4) is 5.75 Å². The van der Waals surface area contributed by atoms with E-state index in [0.717, 1.165) is 29.7 Å². The van der Waals surface area contributed by atoms with Gasteiger partial charge in [0.2, 0.25) is 15.9 Å². The third-order valence-electron chi connectivity index (χ3n) is 7.03. The maximum Gasteiger partial charge on any atom is 0.243 e. The summed E-state index contributed by atoms with van der Waals surface area (Å²) in [6, 6.07) is 15.0. The first-order valence-corrected chi connectivity index (χ1v) is 13.9. The van der Waals surface area contributed by atoms with Gasteiger partial charge in [0.15, 0.2) is 0 Å². The number of nitrogens with zero attached hydrogens (tertiary/aromatic N) is 1. The number of nitrogens with one attached hydrogen (secondary N) is 1. The summed E-state index contributed by atoms with van der Waals surface area (Å²) in [6.07, 6.45) is 5.91. The lowest BCUT2D eigenvalue weighted by Gasteiger charge is -2.30. The minimum atomic E-state index is -3.54. The van der Waals surface area contributed by atoms with E-state index in [2.05, 4.69) is 19.2 Å². The number of hydrogen-bond donors (Lipinski definition) is 1. The van der Waals surface area contributed by atoms with Crippen molar-refractivity contribution in [2.45, 2.75) is 75.8 Å². The van der Waals surface area contributed by atoms with Crippen LogP contribution in [-0.4, -0.2) is 37.8 Å². The average Bonchev–Trinajstić information content (AvgIpc) is 3.36. The van der Waals surface area contributed by atoms with E-state index in [1.165, 1.54) is 17.1 Å². The van der Waals surface area contributed by atoms with Gasteiger partial charge in [0.1, 0.15) is 5.75 Å². The van der Waals surface area contributed by atoms with Crippen molar-refractivity contribution in [3.63, 3.8) is 0 Å². The lowest BCUT2D eigenvalue weighted by molar-refractivity contribution is -0.126. The molecule has 1 saturated heterocycles. The van der Waals surface area contributed by atoms with Gasteiger partial charge in [0, 0.05) is 31.1 Å². The van der Waals surface area contributed by atoms with E-state index in [1.807, 2.05) is 36.4 Å². The second-order valence-corrected chi connectivity index (χ2v) is 11.7. The minimum absolute atomic E-state index is 0.0194. The van der Waals surface area contributed by atoms with Crippen LogP contribution in [0.4, 0.5) is 0 Å². The van der Waals surface area contributed by atoms with Gasteiger partial charge >= 0.3 is 0 Å². The SMILES string of the molecule is CC(C)c1ccc(S(=O)(=O)N2CCC(C(=O)NCc3ccccc3OC3CCCC3)CC2)cc1. The van der Waals surface area contributed by atoms with E-state index in [-0.39, 0.29) is 17.9 Å². The number of carbonyl (C=O) groups is 1. The summed E-state index contributed by atoms with van der Waals surface area (Å²) >= 11 is 0. The molecule has 2 aromatic rings. The smallest absolute Gasteiger partial charge is 0.243 e. The van der Waals surface area contributed by atoms with Crippen LogP contribution >= 0.6 is 0 Å². The Morgan fingerprint density at radius 1 is 1.00 bits per heavy atom. The van der Waals surface area contributed by atoms with Crippen molar-refractivity contribution >= 4 is 15.9 Å². The third kappa shape index (κ3) is 5.81. The van der Waals surface area contributed by atoms with Crippen LogP contribution in [0.3, 0.4) is 0 Å². The highest BCUT2D eigenvalue weighted by molar-refractivity contribution is 7.89. The van der Waals surface area contributed by atoms with Gasteiger partial charge in [-0.25, -0.2) is 8.42 Å². The zero-order valence-corrected chi connectivity index (χ0v) is 21.0. The number of hydrogen-bond acceptors (Lipinski definition) is 4. The summed E-state index contributed by atoms with van der Waals surface area (Å²) < 4.78 is 33.8. The summed E-state index contributed by atoms with van der Waals surface area (Å²) in [5, 5.41) is 3.05. The molecule has 2 aliphatic rings. The van der Waals surface area contributed by atoms with Crippen molar-refractivity contribution < 1.29 is 17.9 Å². The summed E-state index contributed by atoms with van der Waals surface area (Å²) in [6.45, 7) is 5.30. The molecule has 0 radical (unpaired) electrons. The minimum Gasteiger partial charge on any atom is -0.490 e. The molecule has 1 amide bonds. The molecule has 0 spiro atoms. The molecule has 2 fully saturated rings. The number of ether oxygens (including phenoxy) is 1. The first-order valence-electron chi connectivity index (χ1n) is 12.5. The van der Waals surface area contributed by atoms with Crippen LogP contribution in [0, 0.1) is 5.92 Å². The Labute approximate surface area is 203 Å². The Balaban J connectivity index is 1.30. The molecule has 6 nitrogen and oxygen atoms in total. The van der Waals surface area contributed by atoms with E-state index in [1.54, 1.807) is 12.1 Å². The van der Waals surface area contributed by atoms with Gasteiger partial charge in [-0.15, -0.1) is 0 Å². The fraction of sp³-hybridized carbons (Fsp3) is 0.519.